The molecule has 1 aliphatic carbocycles. The molecule has 0 saturated carbocycles. The minimum Gasteiger partial charge on any atom is -0.507 e. The molecule has 1 saturated heterocycles. The van der Waals surface area contributed by atoms with Crippen molar-refractivity contribution in [2.75, 3.05) is 33.4 Å². The summed E-state index contributed by atoms with van der Waals surface area (Å²) in [4.78, 5) is 77.1. The number of carbonyl (C=O) groups excluding carboxylic acids is 5. The molecule has 2 amide bonds. The fourth-order valence-corrected chi connectivity index (χ4v) is 8.93. The Kier molecular flexibility index (Phi) is 14.7. The molecule has 1 aromatic carbocycles. The lowest BCUT2D eigenvalue weighted by Crippen LogP contribution is -2.47. The molecule has 19 nitrogen and oxygen atoms in total. The van der Waals surface area contributed by atoms with Crippen LogP contribution in [0.25, 0.3) is 11.4 Å². The lowest BCUT2D eigenvalue weighted by atomic mass is 9.78. The number of aromatic hydroxyl groups is 1. The number of morpholine rings is 1. The van der Waals surface area contributed by atoms with Crippen LogP contribution in [-0.4, -0.2) is 123 Å². The van der Waals surface area contributed by atoms with E-state index in [0.717, 1.165) is 6.26 Å². The Bertz CT molecular complexity index is 2580. The number of aliphatic hydroxyl groups is 2. The average molecular weight is 940 g/mol. The number of ether oxygens (including phenoxy) is 5. The van der Waals surface area contributed by atoms with Crippen molar-refractivity contribution in [2.45, 2.75) is 85.2 Å². The van der Waals surface area contributed by atoms with E-state index >= 15 is 0 Å². The van der Waals surface area contributed by atoms with E-state index in [9.17, 15) is 39.3 Å². The van der Waals surface area contributed by atoms with Gasteiger partial charge in [0.2, 0.25) is 11.6 Å². The summed E-state index contributed by atoms with van der Waals surface area (Å²) in [7, 11) is 1.41. The van der Waals surface area contributed by atoms with E-state index in [0.29, 0.717) is 17.1 Å². The molecule has 5 bridgehead atoms. The van der Waals surface area contributed by atoms with Gasteiger partial charge in [0, 0.05) is 74.2 Å². The Labute approximate surface area is 392 Å². The molecular weight excluding hydrogens is 883 g/mol. The van der Waals surface area contributed by atoms with Crippen LogP contribution in [0.2, 0.25) is 0 Å². The Morgan fingerprint density at radius 1 is 0.956 bits per heavy atom. The number of pyridine rings is 1. The first-order valence-corrected chi connectivity index (χ1v) is 22.4. The summed E-state index contributed by atoms with van der Waals surface area (Å²) in [6.45, 7) is 11.7. The van der Waals surface area contributed by atoms with Gasteiger partial charge in [-0.2, -0.15) is 0 Å². The maximum absolute atomic E-state index is 14.8. The van der Waals surface area contributed by atoms with Gasteiger partial charge in [0.05, 0.1) is 66.7 Å². The number of phenolic OH excluding ortho intramolecular Hbond substituents is 1. The number of phenols is 1. The van der Waals surface area contributed by atoms with Crippen LogP contribution in [0.15, 0.2) is 82.5 Å². The standard InChI is InChI=1S/C49H57N5O14/c1-24-12-11-13-25(2)47(61)52-37-38(54-17-20-64-21-18-54)43(59)34-35(42(37)58)41(57)29(6)45-36(34)46(60)49(7,67-45)65-19-15-33(63-8)26(3)44(28(5)40(56)27(4)39(24)55)66-48(62)51-23-30-22-32(53-68-30)31-14-9-10-16-50-31/h9-16,19,22,24,26-28,33,39-40,44,55-57H,17-18,20-21,23H2,1-8H3,(H,51,62)(H,52,61)/b12-11+,19-15+,25-13-/t24-,26+,27+,28+,33-,39-,40+,44+,49-/m0/s1. The number of amides is 2. The number of rotatable bonds is 6. The zero-order valence-electron chi connectivity index (χ0n) is 39.1. The highest BCUT2D eigenvalue weighted by Crippen LogP contribution is 2.49. The maximum atomic E-state index is 14.8. The molecule has 19 heteroatoms. The van der Waals surface area contributed by atoms with E-state index in [1.165, 1.54) is 40.0 Å². The van der Waals surface area contributed by atoms with Crippen LogP contribution < -0.4 is 15.4 Å². The molecule has 8 rings (SSSR count). The molecule has 2 aromatic heterocycles. The first kappa shape index (κ1) is 49.2. The summed E-state index contributed by atoms with van der Waals surface area (Å²) in [6, 6.07) is 6.96. The highest BCUT2D eigenvalue weighted by molar-refractivity contribution is 6.32. The third-order valence-corrected chi connectivity index (χ3v) is 13.1. The predicted octanol–water partition coefficient (Wildman–Crippen LogP) is 4.70. The van der Waals surface area contributed by atoms with Crippen molar-refractivity contribution in [1.29, 1.82) is 0 Å². The van der Waals surface area contributed by atoms with Gasteiger partial charge in [-0.3, -0.25) is 24.2 Å². The van der Waals surface area contributed by atoms with Crippen molar-refractivity contribution in [1.82, 2.24) is 25.7 Å². The van der Waals surface area contributed by atoms with Gasteiger partial charge in [0.25, 0.3) is 11.7 Å². The maximum Gasteiger partial charge on any atom is 0.407 e. The molecule has 6 heterocycles. The summed E-state index contributed by atoms with van der Waals surface area (Å²) in [6.07, 6.45) is 3.65. The van der Waals surface area contributed by atoms with E-state index in [-0.39, 0.29) is 66.7 Å². The van der Waals surface area contributed by atoms with E-state index < -0.39 is 100 Å². The van der Waals surface area contributed by atoms with Gasteiger partial charge in [-0.1, -0.05) is 57.1 Å². The Hall–Kier alpha value is -6.67. The van der Waals surface area contributed by atoms with Crippen molar-refractivity contribution in [3.8, 4) is 22.9 Å². The molecule has 0 radical (unpaired) electrons. The zero-order chi connectivity index (χ0) is 49.2. The smallest absolute Gasteiger partial charge is 0.407 e. The Morgan fingerprint density at radius 2 is 1.69 bits per heavy atom. The highest BCUT2D eigenvalue weighted by atomic mass is 16.7. The highest BCUT2D eigenvalue weighted by Gasteiger charge is 2.53. The van der Waals surface area contributed by atoms with E-state index in [1.54, 1.807) is 75.2 Å². The van der Waals surface area contributed by atoms with Crippen molar-refractivity contribution < 1.29 is 67.5 Å². The molecule has 5 aliphatic rings. The number of Topliss-reactive ketones (excluding diaryl/α,β-unsaturated/α-hetero) is 3. The van der Waals surface area contributed by atoms with Gasteiger partial charge < -0.3 is 59.1 Å². The van der Waals surface area contributed by atoms with E-state index in [2.05, 4.69) is 20.8 Å². The second kappa shape index (κ2) is 20.3. The number of ketones is 3. The minimum absolute atomic E-state index is 0.0199. The summed E-state index contributed by atoms with van der Waals surface area (Å²) >= 11 is 0. The van der Waals surface area contributed by atoms with Crippen molar-refractivity contribution in [2.24, 2.45) is 23.7 Å². The fourth-order valence-electron chi connectivity index (χ4n) is 8.93. The largest absolute Gasteiger partial charge is 0.507 e. The monoisotopic (exact) mass is 939 g/mol. The van der Waals surface area contributed by atoms with Crippen molar-refractivity contribution in [3.63, 3.8) is 0 Å². The molecule has 9 atom stereocenters. The number of carbonyl (C=O) groups is 5. The third kappa shape index (κ3) is 9.56. The van der Waals surface area contributed by atoms with Gasteiger partial charge >= 0.3 is 11.9 Å². The van der Waals surface area contributed by atoms with Crippen LogP contribution in [0.3, 0.4) is 0 Å². The lowest BCUT2D eigenvalue weighted by Gasteiger charge is -2.38. The molecule has 1 fully saturated rings. The molecular formula is C49H57N5O14. The molecule has 68 heavy (non-hydrogen) atoms. The van der Waals surface area contributed by atoms with Crippen molar-refractivity contribution >= 4 is 29.4 Å². The molecule has 3 aromatic rings. The van der Waals surface area contributed by atoms with Crippen LogP contribution in [0.4, 0.5) is 4.79 Å². The van der Waals surface area contributed by atoms with Crippen LogP contribution in [0.1, 0.15) is 83.9 Å². The van der Waals surface area contributed by atoms with Crippen LogP contribution >= 0.6 is 0 Å². The van der Waals surface area contributed by atoms with Crippen LogP contribution in [-0.2, 0) is 30.3 Å². The molecule has 362 valence electrons. The Balaban J connectivity index is 1.24. The molecule has 0 unspecified atom stereocenters. The third-order valence-electron chi connectivity index (χ3n) is 13.1. The fraction of sp³-hybridized carbons (Fsp3) is 0.449. The van der Waals surface area contributed by atoms with Gasteiger partial charge in [0.1, 0.15) is 34.7 Å². The van der Waals surface area contributed by atoms with E-state index in [4.69, 9.17) is 28.2 Å². The van der Waals surface area contributed by atoms with Gasteiger partial charge in [-0.15, -0.1) is 0 Å². The number of allylic oxidation sites excluding steroid dienone is 4. The topological polar surface area (TPSA) is 258 Å². The molecule has 0 spiro atoms. The number of aromatic nitrogens is 2. The lowest BCUT2D eigenvalue weighted by molar-refractivity contribution is -0.116. The predicted molar refractivity (Wildman–Crippen MR) is 242 cm³/mol. The number of fused-ring (bicyclic) bond motifs is 14. The van der Waals surface area contributed by atoms with E-state index in [1.807, 2.05) is 0 Å². The van der Waals surface area contributed by atoms with Gasteiger partial charge in [0.15, 0.2) is 5.76 Å². The van der Waals surface area contributed by atoms with Gasteiger partial charge in [-0.25, -0.2) is 4.79 Å². The normalized spacial score (nSPS) is 29.9. The number of nitrogens with zero attached hydrogens (tertiary/aromatic N) is 3. The number of hydrogen-bond acceptors (Lipinski definition) is 17. The number of benzene rings is 1. The minimum atomic E-state index is -2.13. The molecule has 5 N–H and O–H groups in total. The first-order valence-electron chi connectivity index (χ1n) is 22.4. The number of nitrogens with one attached hydrogen (secondary N) is 2. The summed E-state index contributed by atoms with van der Waals surface area (Å²) < 4.78 is 35.0. The quantitative estimate of drug-likeness (QED) is 0.224. The number of methoxy groups -OCH3 is 1. The zero-order valence-corrected chi connectivity index (χ0v) is 39.1. The summed E-state index contributed by atoms with van der Waals surface area (Å²) in [5.74, 6) is -8.79. The van der Waals surface area contributed by atoms with Gasteiger partial charge in [-0.05, 0) is 32.1 Å². The van der Waals surface area contributed by atoms with Crippen LogP contribution in [0.5, 0.6) is 11.5 Å². The number of hydrogen-bond donors (Lipinski definition) is 5. The summed E-state index contributed by atoms with van der Waals surface area (Å²) in [5.41, 5.74) is -0.574. The first-order chi connectivity index (χ1) is 32.4. The second-order valence-electron chi connectivity index (χ2n) is 17.7. The number of aliphatic hydroxyl groups excluding tert-OH is 2. The number of alkyl carbamates (subject to hydrolysis) is 1. The SMILES string of the molecule is CO[C@H]1/C=C/O[C@@]2(C)Oc3c(C)c(O)c4c(c3C2=O)C(=O)C(N2CCOCC2)=C(NC(=O)/C(C)=C\C=C\[C@H](C)[C@H](O)[C@@H](C)[C@@H](O)[C@@H](C)[C@H](OC(=O)NCc2cc(-c3ccccn3)no2)[C@@H]1C)C4=O. The van der Waals surface area contributed by atoms with Crippen molar-refractivity contribution in [3.05, 3.63) is 106 Å². The summed E-state index contributed by atoms with van der Waals surface area (Å²) in [5, 5.41) is 44.3. The Morgan fingerprint density at radius 3 is 2.38 bits per heavy atom. The van der Waals surface area contributed by atoms with Crippen LogP contribution in [0, 0.1) is 30.6 Å². The second-order valence-corrected chi connectivity index (χ2v) is 17.7. The molecule has 4 aliphatic heterocycles. The average Bonchev–Trinajstić information content (AvgIpc) is 3.92.